The van der Waals surface area contributed by atoms with Crippen LogP contribution in [-0.2, 0) is 6.42 Å². The molecule has 5 nitrogen and oxygen atoms in total. The van der Waals surface area contributed by atoms with E-state index in [0.29, 0.717) is 0 Å². The van der Waals surface area contributed by atoms with Crippen molar-refractivity contribution in [3.8, 4) is 5.75 Å². The van der Waals surface area contributed by atoms with Crippen molar-refractivity contribution in [2.75, 3.05) is 19.6 Å². The Morgan fingerprint density at radius 3 is 2.64 bits per heavy atom. The molecule has 1 aliphatic heterocycles. The summed E-state index contributed by atoms with van der Waals surface area (Å²) >= 11 is 0. The number of nitrogens with zero attached hydrogens (tertiary/aromatic N) is 1. The number of carbonyl (C=O) groups is 1. The summed E-state index contributed by atoms with van der Waals surface area (Å²) in [5.74, 6) is 0.312. The fraction of sp³-hybridized carbons (Fsp3) is 0.318. The van der Waals surface area contributed by atoms with E-state index in [2.05, 4.69) is 15.2 Å². The number of hydrogen-bond donors (Lipinski definition) is 3. The molecular formula is C22H26ClN3O2. The Morgan fingerprint density at radius 1 is 1.14 bits per heavy atom. The average molecular weight is 400 g/mol. The summed E-state index contributed by atoms with van der Waals surface area (Å²) in [6, 6.07) is 15.1. The molecule has 0 unspecified atom stereocenters. The second-order valence-electron chi connectivity index (χ2n) is 7.25. The average Bonchev–Trinajstić information content (AvgIpc) is 3.10. The topological polar surface area (TPSA) is 68.4 Å². The number of aromatic amines is 1. The monoisotopic (exact) mass is 399 g/mol. The van der Waals surface area contributed by atoms with Crippen LogP contribution in [0, 0.1) is 0 Å². The minimum absolute atomic E-state index is 0. The lowest BCUT2D eigenvalue weighted by atomic mass is 10.0. The molecule has 0 aliphatic carbocycles. The summed E-state index contributed by atoms with van der Waals surface area (Å²) in [6.07, 6.45) is 4.99. The molecule has 0 radical (unpaired) electrons. The van der Waals surface area contributed by atoms with Crippen LogP contribution >= 0.6 is 12.4 Å². The predicted molar refractivity (Wildman–Crippen MR) is 114 cm³/mol. The minimum atomic E-state index is 0. The highest BCUT2D eigenvalue weighted by atomic mass is 35.5. The van der Waals surface area contributed by atoms with Crippen molar-refractivity contribution in [1.29, 1.82) is 0 Å². The number of piperidine rings is 1. The highest BCUT2D eigenvalue weighted by molar-refractivity contribution is 5.94. The van der Waals surface area contributed by atoms with Crippen LogP contribution in [0.5, 0.6) is 5.75 Å². The summed E-state index contributed by atoms with van der Waals surface area (Å²) in [6.45, 7) is 3.01. The number of fused-ring (bicyclic) bond motifs is 1. The number of hydrogen-bond acceptors (Lipinski definition) is 3. The van der Waals surface area contributed by atoms with Gasteiger partial charge in [-0.05, 0) is 49.1 Å². The molecule has 6 heteroatoms. The standard InChI is InChI=1S/C22H25N3O2.ClH/c26-19-6-7-20-17(15-23-21(20)14-19)8-11-25-12-9-18(10-13-25)24-22(27)16-4-2-1-3-5-16;/h1-7,14-15,18,23,26H,8-13H2,(H,24,27);1H. The van der Waals surface area contributed by atoms with Gasteiger partial charge in [0.15, 0.2) is 0 Å². The van der Waals surface area contributed by atoms with Gasteiger partial charge >= 0.3 is 0 Å². The van der Waals surface area contributed by atoms with E-state index in [9.17, 15) is 9.90 Å². The number of likely N-dealkylation sites (tertiary alicyclic amines) is 1. The van der Waals surface area contributed by atoms with Gasteiger partial charge in [0.2, 0.25) is 0 Å². The number of aromatic nitrogens is 1. The number of rotatable bonds is 5. The smallest absolute Gasteiger partial charge is 0.251 e. The van der Waals surface area contributed by atoms with Gasteiger partial charge < -0.3 is 20.3 Å². The van der Waals surface area contributed by atoms with Gasteiger partial charge in [0.1, 0.15) is 5.75 Å². The number of benzene rings is 2. The van der Waals surface area contributed by atoms with Gasteiger partial charge in [-0.1, -0.05) is 18.2 Å². The van der Waals surface area contributed by atoms with Crippen molar-refractivity contribution in [1.82, 2.24) is 15.2 Å². The molecular weight excluding hydrogens is 374 g/mol. The van der Waals surface area contributed by atoms with Crippen LogP contribution in [0.3, 0.4) is 0 Å². The zero-order chi connectivity index (χ0) is 18.6. The Bertz CT molecular complexity index is 918. The van der Waals surface area contributed by atoms with E-state index in [0.717, 1.165) is 50.0 Å². The van der Waals surface area contributed by atoms with Gasteiger partial charge in [-0.3, -0.25) is 4.79 Å². The van der Waals surface area contributed by atoms with Crippen LogP contribution < -0.4 is 5.32 Å². The number of phenols is 1. The molecule has 1 fully saturated rings. The number of aromatic hydroxyl groups is 1. The summed E-state index contributed by atoms with van der Waals surface area (Å²) in [7, 11) is 0. The molecule has 0 bridgehead atoms. The third-order valence-corrected chi connectivity index (χ3v) is 5.41. The maximum Gasteiger partial charge on any atom is 0.251 e. The van der Waals surface area contributed by atoms with E-state index in [1.54, 1.807) is 12.1 Å². The van der Waals surface area contributed by atoms with Gasteiger partial charge in [-0.15, -0.1) is 12.4 Å². The molecule has 28 heavy (non-hydrogen) atoms. The van der Waals surface area contributed by atoms with Crippen LogP contribution in [0.4, 0.5) is 0 Å². The first-order chi connectivity index (χ1) is 13.2. The summed E-state index contributed by atoms with van der Waals surface area (Å²) < 4.78 is 0. The number of nitrogens with one attached hydrogen (secondary N) is 2. The lowest BCUT2D eigenvalue weighted by Gasteiger charge is -2.32. The second kappa shape index (κ2) is 9.13. The SMILES string of the molecule is Cl.O=C(NC1CCN(CCc2c[nH]c3cc(O)ccc23)CC1)c1ccccc1. The zero-order valence-electron chi connectivity index (χ0n) is 15.7. The van der Waals surface area contributed by atoms with Crippen molar-refractivity contribution >= 4 is 29.2 Å². The summed E-state index contributed by atoms with van der Waals surface area (Å²) in [5.41, 5.74) is 2.99. The molecule has 2 heterocycles. The van der Waals surface area contributed by atoms with Crippen LogP contribution in [0.25, 0.3) is 10.9 Å². The number of halogens is 1. The highest BCUT2D eigenvalue weighted by Gasteiger charge is 2.21. The maximum atomic E-state index is 12.3. The Balaban J connectivity index is 0.00000225. The van der Waals surface area contributed by atoms with Crippen molar-refractivity contribution < 1.29 is 9.90 Å². The predicted octanol–water partition coefficient (Wildman–Crippen LogP) is 3.73. The molecule has 2 aromatic carbocycles. The second-order valence-corrected chi connectivity index (χ2v) is 7.25. The van der Waals surface area contributed by atoms with Crippen LogP contribution in [0.2, 0.25) is 0 Å². The minimum Gasteiger partial charge on any atom is -0.508 e. The summed E-state index contributed by atoms with van der Waals surface area (Å²) in [5, 5.41) is 13.9. The van der Waals surface area contributed by atoms with Crippen LogP contribution in [-0.4, -0.2) is 46.6 Å². The van der Waals surface area contributed by atoms with Crippen molar-refractivity contribution in [2.24, 2.45) is 0 Å². The van der Waals surface area contributed by atoms with E-state index in [1.165, 1.54) is 10.9 Å². The van der Waals surface area contributed by atoms with E-state index in [1.807, 2.05) is 42.6 Å². The first-order valence-electron chi connectivity index (χ1n) is 9.56. The molecule has 1 aromatic heterocycles. The zero-order valence-corrected chi connectivity index (χ0v) is 16.5. The van der Waals surface area contributed by atoms with E-state index in [4.69, 9.17) is 0 Å². The third kappa shape index (κ3) is 4.66. The molecule has 148 valence electrons. The van der Waals surface area contributed by atoms with Gasteiger partial charge in [0, 0.05) is 54.4 Å². The molecule has 4 rings (SSSR count). The molecule has 1 amide bonds. The number of H-pyrrole nitrogens is 1. The van der Waals surface area contributed by atoms with Gasteiger partial charge in [0.05, 0.1) is 0 Å². The lowest BCUT2D eigenvalue weighted by molar-refractivity contribution is 0.0911. The Kier molecular flexibility index (Phi) is 6.60. The fourth-order valence-corrected chi connectivity index (χ4v) is 3.82. The molecule has 0 spiro atoms. The highest BCUT2D eigenvalue weighted by Crippen LogP contribution is 2.23. The van der Waals surface area contributed by atoms with Crippen LogP contribution in [0.1, 0.15) is 28.8 Å². The Labute approximate surface area is 171 Å². The van der Waals surface area contributed by atoms with Crippen molar-refractivity contribution in [3.63, 3.8) is 0 Å². The number of phenolic OH excluding ortho intramolecular Hbond substituents is 1. The first kappa shape index (κ1) is 20.2. The van der Waals surface area contributed by atoms with Gasteiger partial charge in [-0.25, -0.2) is 0 Å². The number of amides is 1. The third-order valence-electron chi connectivity index (χ3n) is 5.41. The molecule has 0 saturated carbocycles. The molecule has 0 atom stereocenters. The molecule has 3 aromatic rings. The maximum absolute atomic E-state index is 12.3. The Morgan fingerprint density at radius 2 is 1.89 bits per heavy atom. The quantitative estimate of drug-likeness (QED) is 0.612. The van der Waals surface area contributed by atoms with Crippen molar-refractivity contribution in [2.45, 2.75) is 25.3 Å². The van der Waals surface area contributed by atoms with Gasteiger partial charge in [-0.2, -0.15) is 0 Å². The molecule has 1 saturated heterocycles. The lowest BCUT2D eigenvalue weighted by Crippen LogP contribution is -2.45. The number of carbonyl (C=O) groups excluding carboxylic acids is 1. The molecule has 3 N–H and O–H groups in total. The van der Waals surface area contributed by atoms with E-state index in [-0.39, 0.29) is 30.1 Å². The molecule has 1 aliphatic rings. The normalized spacial score (nSPS) is 15.3. The van der Waals surface area contributed by atoms with Crippen LogP contribution in [0.15, 0.2) is 54.7 Å². The Hall–Kier alpha value is -2.50. The largest absolute Gasteiger partial charge is 0.508 e. The van der Waals surface area contributed by atoms with E-state index < -0.39 is 0 Å². The van der Waals surface area contributed by atoms with Crippen molar-refractivity contribution in [3.05, 3.63) is 65.9 Å². The van der Waals surface area contributed by atoms with Gasteiger partial charge in [0.25, 0.3) is 5.91 Å². The van der Waals surface area contributed by atoms with E-state index >= 15 is 0 Å². The summed E-state index contributed by atoms with van der Waals surface area (Å²) in [4.78, 5) is 18.0. The fourth-order valence-electron chi connectivity index (χ4n) is 3.82. The first-order valence-corrected chi connectivity index (χ1v) is 9.56.